The molecule has 0 radical (unpaired) electrons. The highest BCUT2D eigenvalue weighted by molar-refractivity contribution is 8.01. The molecule has 1 amide bonds. The van der Waals surface area contributed by atoms with Crippen LogP contribution >= 0.6 is 23.1 Å². The number of nitrogens with zero attached hydrogens (tertiary/aromatic N) is 2. The lowest BCUT2D eigenvalue weighted by atomic mass is 10.1. The Hall–Kier alpha value is -0.930. The number of rotatable bonds is 6. The molecule has 0 aliphatic carbocycles. The summed E-state index contributed by atoms with van der Waals surface area (Å²) in [6.07, 6.45) is 1.81. The maximum atomic E-state index is 11.7. The zero-order chi connectivity index (χ0) is 14.6. The van der Waals surface area contributed by atoms with Gasteiger partial charge in [0.25, 0.3) is 0 Å². The van der Waals surface area contributed by atoms with Gasteiger partial charge in [0.2, 0.25) is 5.91 Å². The van der Waals surface area contributed by atoms with Crippen LogP contribution in [0.2, 0.25) is 0 Å². The molecule has 1 aliphatic heterocycles. The highest BCUT2D eigenvalue weighted by Crippen LogP contribution is 2.21. The first kappa shape index (κ1) is 15.5. The van der Waals surface area contributed by atoms with Crippen molar-refractivity contribution >= 4 is 38.8 Å². The van der Waals surface area contributed by atoms with Gasteiger partial charge in [-0.15, -0.1) is 10.2 Å². The van der Waals surface area contributed by atoms with E-state index in [1.165, 1.54) is 16.7 Å². The Morgan fingerprint density at radius 2 is 2.35 bits per heavy atom. The zero-order valence-corrected chi connectivity index (χ0v) is 13.4. The van der Waals surface area contributed by atoms with E-state index >= 15 is 0 Å². The van der Waals surface area contributed by atoms with Crippen molar-refractivity contribution in [1.82, 2.24) is 15.5 Å². The molecule has 0 bridgehead atoms. The fourth-order valence-corrected chi connectivity index (χ4v) is 4.88. The summed E-state index contributed by atoms with van der Waals surface area (Å²) in [5.41, 5.74) is 0. The molecule has 0 aromatic carbocycles. The molecule has 2 rings (SSSR count). The summed E-state index contributed by atoms with van der Waals surface area (Å²) in [6.45, 7) is 2.43. The van der Waals surface area contributed by atoms with Crippen molar-refractivity contribution < 1.29 is 13.2 Å². The third kappa shape index (κ3) is 4.88. The van der Waals surface area contributed by atoms with Crippen molar-refractivity contribution in [3.8, 4) is 0 Å². The minimum Gasteiger partial charge on any atom is -0.355 e. The summed E-state index contributed by atoms with van der Waals surface area (Å²) in [7, 11) is -3.08. The average molecular weight is 333 g/mol. The first-order chi connectivity index (χ1) is 9.44. The molecule has 0 saturated heterocycles. The molecule has 6 nitrogen and oxygen atoms in total. The van der Waals surface area contributed by atoms with Crippen molar-refractivity contribution in [3.05, 3.63) is 16.5 Å². The third-order valence-corrected chi connectivity index (χ3v) is 6.05. The monoisotopic (exact) mass is 333 g/mol. The van der Waals surface area contributed by atoms with Crippen LogP contribution in [-0.2, 0) is 14.6 Å². The van der Waals surface area contributed by atoms with Crippen LogP contribution in [0.1, 0.15) is 11.4 Å². The van der Waals surface area contributed by atoms with Crippen LogP contribution in [0.5, 0.6) is 0 Å². The SMILES string of the molecule is Cc1nnc(SCCNC(=O)C[C@H]2C=CS(=O)(=O)C2)s1. The van der Waals surface area contributed by atoms with E-state index in [2.05, 4.69) is 15.5 Å². The Balaban J connectivity index is 1.62. The molecule has 0 spiro atoms. The predicted molar refractivity (Wildman–Crippen MR) is 79.4 cm³/mol. The molecule has 1 atom stereocenters. The summed E-state index contributed by atoms with van der Waals surface area (Å²) < 4.78 is 23.3. The lowest BCUT2D eigenvalue weighted by Crippen LogP contribution is -2.27. The lowest BCUT2D eigenvalue weighted by Gasteiger charge is -2.07. The predicted octanol–water partition coefficient (Wildman–Crippen LogP) is 1.00. The smallest absolute Gasteiger partial charge is 0.220 e. The second-order valence-corrected chi connectivity index (χ2v) is 8.86. The Morgan fingerprint density at radius 1 is 1.55 bits per heavy atom. The van der Waals surface area contributed by atoms with Crippen LogP contribution in [0.25, 0.3) is 0 Å². The van der Waals surface area contributed by atoms with Crippen molar-refractivity contribution in [2.75, 3.05) is 18.1 Å². The quantitative estimate of drug-likeness (QED) is 0.617. The number of carbonyl (C=O) groups excluding carboxylic acids is 1. The Labute approximate surface area is 126 Å². The van der Waals surface area contributed by atoms with E-state index in [9.17, 15) is 13.2 Å². The average Bonchev–Trinajstić information content (AvgIpc) is 2.91. The van der Waals surface area contributed by atoms with Gasteiger partial charge in [0.05, 0.1) is 5.75 Å². The first-order valence-corrected chi connectivity index (χ1v) is 9.57. The van der Waals surface area contributed by atoms with E-state index in [1.54, 1.807) is 17.8 Å². The van der Waals surface area contributed by atoms with E-state index in [0.29, 0.717) is 6.54 Å². The van der Waals surface area contributed by atoms with Gasteiger partial charge >= 0.3 is 0 Å². The van der Waals surface area contributed by atoms with Crippen LogP contribution < -0.4 is 5.32 Å². The van der Waals surface area contributed by atoms with Gasteiger partial charge in [-0.1, -0.05) is 29.2 Å². The number of allylic oxidation sites excluding steroid dienone is 1. The van der Waals surface area contributed by atoms with E-state index in [4.69, 9.17) is 0 Å². The number of amides is 1. The summed E-state index contributed by atoms with van der Waals surface area (Å²) in [4.78, 5) is 11.7. The van der Waals surface area contributed by atoms with Gasteiger partial charge in [-0.3, -0.25) is 4.79 Å². The molecule has 20 heavy (non-hydrogen) atoms. The van der Waals surface area contributed by atoms with Crippen LogP contribution in [0.15, 0.2) is 15.8 Å². The molecular formula is C11H15N3O3S3. The molecule has 0 saturated carbocycles. The number of hydrogen-bond acceptors (Lipinski definition) is 7. The number of carbonyl (C=O) groups is 1. The van der Waals surface area contributed by atoms with Gasteiger partial charge in [-0.2, -0.15) is 0 Å². The summed E-state index contributed by atoms with van der Waals surface area (Å²) in [5.74, 6) is 0.447. The van der Waals surface area contributed by atoms with Gasteiger partial charge in [-0.05, 0) is 6.92 Å². The Bertz CT molecular complexity index is 609. The maximum absolute atomic E-state index is 11.7. The number of thioether (sulfide) groups is 1. The summed E-state index contributed by atoms with van der Waals surface area (Å²) >= 11 is 3.07. The largest absolute Gasteiger partial charge is 0.355 e. The molecule has 0 unspecified atom stereocenters. The molecular weight excluding hydrogens is 318 g/mol. The van der Waals surface area contributed by atoms with Gasteiger partial charge in [0.15, 0.2) is 14.2 Å². The minimum atomic E-state index is -3.08. The molecule has 9 heteroatoms. The van der Waals surface area contributed by atoms with Crippen LogP contribution in [0.3, 0.4) is 0 Å². The molecule has 1 N–H and O–H groups in total. The summed E-state index contributed by atoms with van der Waals surface area (Å²) in [5, 5.41) is 12.8. The van der Waals surface area contributed by atoms with Gasteiger partial charge < -0.3 is 5.32 Å². The van der Waals surface area contributed by atoms with Gasteiger partial charge in [-0.25, -0.2) is 8.42 Å². The van der Waals surface area contributed by atoms with Crippen LogP contribution in [-0.4, -0.2) is 42.6 Å². The van der Waals surface area contributed by atoms with Crippen LogP contribution in [0.4, 0.5) is 0 Å². The second kappa shape index (κ2) is 6.68. The van der Waals surface area contributed by atoms with Crippen molar-refractivity contribution in [3.63, 3.8) is 0 Å². The first-order valence-electron chi connectivity index (χ1n) is 6.05. The molecule has 1 aromatic heterocycles. The van der Waals surface area contributed by atoms with Crippen molar-refractivity contribution in [1.29, 1.82) is 0 Å². The highest BCUT2D eigenvalue weighted by atomic mass is 32.2. The fourth-order valence-electron chi connectivity index (χ4n) is 1.74. The van der Waals surface area contributed by atoms with Crippen molar-refractivity contribution in [2.24, 2.45) is 5.92 Å². The van der Waals surface area contributed by atoms with Gasteiger partial charge in [0, 0.05) is 30.0 Å². The molecule has 1 aliphatic rings. The molecule has 2 heterocycles. The number of nitrogens with one attached hydrogen (secondary N) is 1. The highest BCUT2D eigenvalue weighted by Gasteiger charge is 2.23. The minimum absolute atomic E-state index is 0.0409. The topological polar surface area (TPSA) is 89.0 Å². The summed E-state index contributed by atoms with van der Waals surface area (Å²) in [6, 6.07) is 0. The molecule has 1 aromatic rings. The lowest BCUT2D eigenvalue weighted by molar-refractivity contribution is -0.121. The fraction of sp³-hybridized carbons (Fsp3) is 0.545. The maximum Gasteiger partial charge on any atom is 0.220 e. The zero-order valence-electron chi connectivity index (χ0n) is 10.9. The third-order valence-electron chi connectivity index (χ3n) is 2.61. The van der Waals surface area contributed by atoms with Crippen molar-refractivity contribution in [2.45, 2.75) is 17.7 Å². The number of hydrogen-bond donors (Lipinski definition) is 1. The van der Waals surface area contributed by atoms with E-state index in [-0.39, 0.29) is 24.0 Å². The number of aromatic nitrogens is 2. The van der Waals surface area contributed by atoms with E-state index in [1.807, 2.05) is 6.92 Å². The normalized spacial score (nSPS) is 20.1. The van der Waals surface area contributed by atoms with E-state index < -0.39 is 9.84 Å². The van der Waals surface area contributed by atoms with E-state index in [0.717, 1.165) is 15.1 Å². The number of sulfone groups is 1. The molecule has 110 valence electrons. The van der Waals surface area contributed by atoms with Gasteiger partial charge in [0.1, 0.15) is 5.01 Å². The Morgan fingerprint density at radius 3 is 2.95 bits per heavy atom. The number of aryl methyl sites for hydroxylation is 1. The Kier molecular flexibility index (Phi) is 5.17. The standard InChI is InChI=1S/C11H15N3O3S3/c1-8-13-14-11(19-8)18-4-3-12-10(15)6-9-2-5-20(16,17)7-9/h2,5,9H,3-4,6-7H2,1H3,(H,12,15)/t9-/m1/s1. The second-order valence-electron chi connectivity index (χ2n) is 4.41. The van der Waals surface area contributed by atoms with Crippen LogP contribution in [0, 0.1) is 12.8 Å². The molecule has 0 fully saturated rings.